The van der Waals surface area contributed by atoms with Crippen LogP contribution in [0.15, 0.2) is 17.5 Å². The highest BCUT2D eigenvalue weighted by atomic mass is 32.1. The van der Waals surface area contributed by atoms with Crippen molar-refractivity contribution >= 4 is 17.2 Å². The molecule has 23 heavy (non-hydrogen) atoms. The normalized spacial score (nSPS) is 23.0. The average Bonchev–Trinajstić information content (AvgIpc) is 2.92. The number of nitrogens with zero attached hydrogens (tertiary/aromatic N) is 3. The van der Waals surface area contributed by atoms with Gasteiger partial charge in [-0.3, -0.25) is 9.69 Å². The lowest BCUT2D eigenvalue weighted by Gasteiger charge is -2.27. The zero-order valence-corrected chi connectivity index (χ0v) is 14.9. The largest absolute Gasteiger partial charge is 0.341 e. The minimum atomic E-state index is 0.220. The Morgan fingerprint density at radius 1 is 1.30 bits per heavy atom. The summed E-state index contributed by atoms with van der Waals surface area (Å²) in [7, 11) is 0. The second kappa shape index (κ2) is 8.06. The Hall–Kier alpha value is -1.20. The topological polar surface area (TPSA) is 36.4 Å². The summed E-state index contributed by atoms with van der Waals surface area (Å²) in [4.78, 5) is 21.9. The van der Waals surface area contributed by atoms with E-state index in [1.807, 2.05) is 0 Å². The van der Waals surface area contributed by atoms with Crippen LogP contribution < -0.4 is 0 Å². The molecule has 0 bridgehead atoms. The van der Waals surface area contributed by atoms with Gasteiger partial charge >= 0.3 is 0 Å². The van der Waals surface area contributed by atoms with Crippen molar-refractivity contribution in [3.05, 3.63) is 28.2 Å². The molecule has 0 N–H and O–H groups in total. The molecule has 1 aliphatic heterocycles. The van der Waals surface area contributed by atoms with E-state index in [1.165, 1.54) is 10.7 Å². The van der Waals surface area contributed by atoms with Crippen LogP contribution in [0, 0.1) is 5.92 Å². The third kappa shape index (κ3) is 4.42. The summed E-state index contributed by atoms with van der Waals surface area (Å²) in [6.45, 7) is 6.88. The molecule has 1 atom stereocenters. The molecule has 1 aromatic rings. The summed E-state index contributed by atoms with van der Waals surface area (Å²) in [5.41, 5.74) is 1.18. The molecule has 3 rings (SSSR count). The number of rotatable bonds is 4. The minimum absolute atomic E-state index is 0.220. The Labute approximate surface area is 143 Å². The van der Waals surface area contributed by atoms with Crippen LogP contribution in [0.25, 0.3) is 0 Å². The Kier molecular flexibility index (Phi) is 5.84. The first-order chi connectivity index (χ1) is 11.3. The summed E-state index contributed by atoms with van der Waals surface area (Å²) in [5.74, 6) is 0.593. The molecule has 0 unspecified atom stereocenters. The van der Waals surface area contributed by atoms with Gasteiger partial charge in [0.1, 0.15) is 0 Å². The first-order valence-corrected chi connectivity index (χ1v) is 9.73. The zero-order chi connectivity index (χ0) is 16.1. The van der Waals surface area contributed by atoms with Crippen LogP contribution in [0.5, 0.6) is 0 Å². The van der Waals surface area contributed by atoms with Gasteiger partial charge in [0.15, 0.2) is 0 Å². The van der Waals surface area contributed by atoms with E-state index in [2.05, 4.69) is 39.2 Å². The lowest BCUT2D eigenvalue weighted by molar-refractivity contribution is -0.135. The molecule has 1 aliphatic carbocycles. The number of carbonyl (C=O) groups excluding carboxylic acids is 1. The maximum absolute atomic E-state index is 12.7. The van der Waals surface area contributed by atoms with Crippen molar-refractivity contribution in [3.8, 4) is 0 Å². The van der Waals surface area contributed by atoms with Gasteiger partial charge in [-0.2, -0.15) is 0 Å². The van der Waals surface area contributed by atoms with E-state index in [0.717, 1.165) is 64.8 Å². The molecule has 126 valence electrons. The second-order valence-corrected chi connectivity index (χ2v) is 7.47. The van der Waals surface area contributed by atoms with Gasteiger partial charge in [0.25, 0.3) is 0 Å². The molecule has 5 heteroatoms. The van der Waals surface area contributed by atoms with Gasteiger partial charge in [-0.25, -0.2) is 4.98 Å². The van der Waals surface area contributed by atoms with Crippen LogP contribution in [-0.2, 0) is 17.8 Å². The number of amides is 1. The molecule has 2 heterocycles. The zero-order valence-electron chi connectivity index (χ0n) is 14.0. The first kappa shape index (κ1) is 16.7. The monoisotopic (exact) mass is 333 g/mol. The van der Waals surface area contributed by atoms with Crippen molar-refractivity contribution < 1.29 is 4.79 Å². The first-order valence-electron chi connectivity index (χ1n) is 8.85. The van der Waals surface area contributed by atoms with E-state index in [9.17, 15) is 4.79 Å². The lowest BCUT2D eigenvalue weighted by Crippen LogP contribution is -2.39. The van der Waals surface area contributed by atoms with Crippen LogP contribution in [0.1, 0.15) is 43.3 Å². The highest BCUT2D eigenvalue weighted by molar-refractivity contribution is 7.09. The highest BCUT2D eigenvalue weighted by Gasteiger charge is 2.26. The predicted octanol–water partition coefficient (Wildman–Crippen LogP) is 3.10. The molecule has 1 fully saturated rings. The number of hydrogen-bond donors (Lipinski definition) is 0. The average molecular weight is 334 g/mol. The Morgan fingerprint density at radius 2 is 2.22 bits per heavy atom. The summed E-state index contributed by atoms with van der Waals surface area (Å²) in [5, 5.41) is 3.40. The number of aromatic nitrogens is 1. The van der Waals surface area contributed by atoms with Crippen molar-refractivity contribution in [3.63, 3.8) is 0 Å². The van der Waals surface area contributed by atoms with Crippen LogP contribution in [-0.4, -0.2) is 46.9 Å². The maximum atomic E-state index is 12.7. The smallest absolute Gasteiger partial charge is 0.226 e. The fraction of sp³-hybridized carbons (Fsp3) is 0.667. The molecule has 0 saturated carbocycles. The van der Waals surface area contributed by atoms with Crippen LogP contribution >= 0.6 is 11.3 Å². The van der Waals surface area contributed by atoms with Crippen LogP contribution in [0.2, 0.25) is 0 Å². The van der Waals surface area contributed by atoms with Gasteiger partial charge in [0.05, 0.1) is 10.7 Å². The summed E-state index contributed by atoms with van der Waals surface area (Å²) in [6.07, 6.45) is 9.46. The molecule has 2 aliphatic rings. The van der Waals surface area contributed by atoms with E-state index in [0.29, 0.717) is 5.91 Å². The molecule has 1 saturated heterocycles. The molecule has 1 aromatic heterocycles. The van der Waals surface area contributed by atoms with Gasteiger partial charge in [0.2, 0.25) is 5.91 Å². The predicted molar refractivity (Wildman–Crippen MR) is 94.4 cm³/mol. The molecule has 4 nitrogen and oxygen atoms in total. The number of allylic oxidation sites excluding steroid dienone is 2. The molecule has 1 amide bonds. The summed E-state index contributed by atoms with van der Waals surface area (Å²) >= 11 is 1.76. The van der Waals surface area contributed by atoms with E-state index in [-0.39, 0.29) is 5.92 Å². The summed E-state index contributed by atoms with van der Waals surface area (Å²) in [6, 6.07) is 0. The Bertz CT molecular complexity index is 554. The quantitative estimate of drug-likeness (QED) is 0.795. The van der Waals surface area contributed by atoms with Gasteiger partial charge in [-0.1, -0.05) is 19.1 Å². The molecule has 0 spiro atoms. The van der Waals surface area contributed by atoms with Crippen molar-refractivity contribution in [2.45, 2.75) is 45.6 Å². The molecular formula is C18H27N3OS. The third-order valence-electron chi connectivity index (χ3n) is 4.81. The lowest BCUT2D eigenvalue weighted by atomic mass is 9.93. The van der Waals surface area contributed by atoms with E-state index < -0.39 is 0 Å². The van der Waals surface area contributed by atoms with E-state index in [4.69, 9.17) is 0 Å². The maximum Gasteiger partial charge on any atom is 0.226 e. The number of aryl methyl sites for hydroxylation is 1. The number of hydrogen-bond acceptors (Lipinski definition) is 4. The molecular weight excluding hydrogens is 306 g/mol. The van der Waals surface area contributed by atoms with Gasteiger partial charge in [-0.15, -0.1) is 11.3 Å². The number of carbonyl (C=O) groups is 1. The second-order valence-electron chi connectivity index (χ2n) is 6.52. The summed E-state index contributed by atoms with van der Waals surface area (Å²) < 4.78 is 0. The van der Waals surface area contributed by atoms with Crippen molar-refractivity contribution in [1.82, 2.24) is 14.8 Å². The Balaban J connectivity index is 1.52. The van der Waals surface area contributed by atoms with Gasteiger partial charge < -0.3 is 4.90 Å². The fourth-order valence-corrected chi connectivity index (χ4v) is 4.17. The standard InChI is InChI=1S/C18H27N3OS/c1-2-17-19-16(14-23-17)13-20-9-6-10-21(12-11-20)18(22)15-7-4-3-5-8-15/h3-4,14-15H,2,5-13H2,1H3/t15-/m0/s1. The van der Waals surface area contributed by atoms with Gasteiger partial charge in [-0.05, 0) is 32.1 Å². The van der Waals surface area contributed by atoms with Gasteiger partial charge in [0, 0.05) is 44.0 Å². The third-order valence-corrected chi connectivity index (χ3v) is 5.85. The number of thiazole rings is 1. The van der Waals surface area contributed by atoms with E-state index >= 15 is 0 Å². The van der Waals surface area contributed by atoms with Crippen molar-refractivity contribution in [2.75, 3.05) is 26.2 Å². The fourth-order valence-electron chi connectivity index (χ4n) is 3.44. The molecule has 0 radical (unpaired) electrons. The SMILES string of the molecule is CCc1nc(CN2CCCN(C(=O)[C@H]3CC=CCC3)CC2)cs1. The van der Waals surface area contributed by atoms with Crippen molar-refractivity contribution in [2.24, 2.45) is 5.92 Å². The highest BCUT2D eigenvalue weighted by Crippen LogP contribution is 2.21. The van der Waals surface area contributed by atoms with Crippen LogP contribution in [0.3, 0.4) is 0 Å². The molecule has 0 aromatic carbocycles. The Morgan fingerprint density at radius 3 is 2.96 bits per heavy atom. The van der Waals surface area contributed by atoms with Crippen LogP contribution in [0.4, 0.5) is 0 Å². The van der Waals surface area contributed by atoms with Crippen molar-refractivity contribution in [1.29, 1.82) is 0 Å². The minimum Gasteiger partial charge on any atom is -0.341 e. The van der Waals surface area contributed by atoms with E-state index in [1.54, 1.807) is 11.3 Å².